The average Bonchev–Trinajstić information content (AvgIpc) is 3.30. The van der Waals surface area contributed by atoms with Crippen LogP contribution in [0.1, 0.15) is 61.6 Å². The molecule has 0 radical (unpaired) electrons. The van der Waals surface area contributed by atoms with Gasteiger partial charge in [-0.2, -0.15) is 10.4 Å². The quantitative estimate of drug-likeness (QED) is 0.789. The summed E-state index contributed by atoms with van der Waals surface area (Å²) in [7, 11) is 0. The van der Waals surface area contributed by atoms with Gasteiger partial charge in [0.2, 0.25) is 5.91 Å². The van der Waals surface area contributed by atoms with Crippen LogP contribution < -0.4 is 5.32 Å². The second-order valence-corrected chi connectivity index (χ2v) is 8.74. The van der Waals surface area contributed by atoms with Crippen LogP contribution in [0.3, 0.4) is 0 Å². The Balaban J connectivity index is 1.31. The summed E-state index contributed by atoms with van der Waals surface area (Å²) in [5, 5.41) is 19.3. The second kappa shape index (κ2) is 9.29. The SMILES string of the molecule is CC1CCC(NC(=O)C2CCN(C(=O)c3cc(-c4ccnc(C#N)c4)n[nH]3)CC2)CC1. The Hall–Kier alpha value is -3.21. The number of carbonyl (C=O) groups excluding carboxylic acids is 2. The Bertz CT molecular complexity index is 978. The molecular weight excluding hydrogens is 392 g/mol. The normalized spacial score (nSPS) is 22.0. The molecule has 2 fully saturated rings. The Morgan fingerprint density at radius 3 is 2.61 bits per heavy atom. The Morgan fingerprint density at radius 1 is 1.16 bits per heavy atom. The van der Waals surface area contributed by atoms with Gasteiger partial charge in [0.15, 0.2) is 0 Å². The zero-order valence-corrected chi connectivity index (χ0v) is 17.8. The maximum Gasteiger partial charge on any atom is 0.271 e. The van der Waals surface area contributed by atoms with Gasteiger partial charge < -0.3 is 10.2 Å². The number of amides is 2. The summed E-state index contributed by atoms with van der Waals surface area (Å²) in [6.45, 7) is 3.38. The highest BCUT2D eigenvalue weighted by Crippen LogP contribution is 2.25. The molecule has 0 atom stereocenters. The van der Waals surface area contributed by atoms with Crippen LogP contribution in [0, 0.1) is 23.2 Å². The highest BCUT2D eigenvalue weighted by molar-refractivity contribution is 5.93. The number of pyridine rings is 1. The maximum atomic E-state index is 12.9. The Kier molecular flexibility index (Phi) is 6.31. The molecule has 1 aliphatic heterocycles. The van der Waals surface area contributed by atoms with E-state index in [4.69, 9.17) is 5.26 Å². The van der Waals surface area contributed by atoms with Gasteiger partial charge >= 0.3 is 0 Å². The molecule has 1 aliphatic carbocycles. The predicted octanol–water partition coefficient (Wildman–Crippen LogP) is 2.89. The maximum absolute atomic E-state index is 12.9. The molecule has 0 bridgehead atoms. The molecule has 2 aromatic rings. The van der Waals surface area contributed by atoms with Crippen LogP contribution in [0.4, 0.5) is 0 Å². The summed E-state index contributed by atoms with van der Waals surface area (Å²) >= 11 is 0. The van der Waals surface area contributed by atoms with E-state index < -0.39 is 0 Å². The van der Waals surface area contributed by atoms with Crippen LogP contribution in [0.25, 0.3) is 11.3 Å². The number of nitrogens with zero attached hydrogens (tertiary/aromatic N) is 4. The van der Waals surface area contributed by atoms with Crippen molar-refractivity contribution in [2.24, 2.45) is 11.8 Å². The zero-order valence-electron chi connectivity index (χ0n) is 17.8. The van der Waals surface area contributed by atoms with Crippen molar-refractivity contribution in [1.29, 1.82) is 5.26 Å². The van der Waals surface area contributed by atoms with E-state index in [2.05, 4.69) is 27.4 Å². The third-order valence-corrected chi connectivity index (χ3v) is 6.49. The second-order valence-electron chi connectivity index (χ2n) is 8.74. The summed E-state index contributed by atoms with van der Waals surface area (Å²) in [5.41, 5.74) is 2.04. The number of likely N-dealkylation sites (tertiary alicyclic amines) is 1. The fraction of sp³-hybridized carbons (Fsp3) is 0.522. The predicted molar refractivity (Wildman–Crippen MR) is 115 cm³/mol. The highest BCUT2D eigenvalue weighted by Gasteiger charge is 2.30. The summed E-state index contributed by atoms with van der Waals surface area (Å²) < 4.78 is 0. The number of aromatic nitrogens is 3. The highest BCUT2D eigenvalue weighted by atomic mass is 16.2. The molecule has 2 aliphatic rings. The third kappa shape index (κ3) is 4.93. The molecule has 0 spiro atoms. The average molecular weight is 421 g/mol. The molecule has 3 heterocycles. The van der Waals surface area contributed by atoms with Crippen LogP contribution in [0.5, 0.6) is 0 Å². The molecule has 31 heavy (non-hydrogen) atoms. The number of carbonyl (C=O) groups is 2. The van der Waals surface area contributed by atoms with Crippen LogP contribution >= 0.6 is 0 Å². The minimum Gasteiger partial charge on any atom is -0.353 e. The lowest BCUT2D eigenvalue weighted by Crippen LogP contribution is -2.46. The topological polar surface area (TPSA) is 115 Å². The van der Waals surface area contributed by atoms with Crippen LogP contribution in [-0.4, -0.2) is 51.0 Å². The van der Waals surface area contributed by atoms with Crippen molar-refractivity contribution < 1.29 is 9.59 Å². The Labute approximate surface area is 182 Å². The van der Waals surface area contributed by atoms with Gasteiger partial charge in [-0.25, -0.2) is 4.98 Å². The molecule has 0 aromatic carbocycles. The summed E-state index contributed by atoms with van der Waals surface area (Å²) in [5.74, 6) is 0.759. The van der Waals surface area contributed by atoms with E-state index in [0.717, 1.165) is 24.3 Å². The molecular formula is C23H28N6O2. The van der Waals surface area contributed by atoms with Crippen molar-refractivity contribution in [2.75, 3.05) is 13.1 Å². The minimum atomic E-state index is -0.117. The van der Waals surface area contributed by atoms with Gasteiger partial charge in [0.25, 0.3) is 5.91 Å². The molecule has 0 unspecified atom stereocenters. The van der Waals surface area contributed by atoms with Gasteiger partial charge in [-0.3, -0.25) is 14.7 Å². The van der Waals surface area contributed by atoms with Gasteiger partial charge in [-0.15, -0.1) is 0 Å². The molecule has 8 nitrogen and oxygen atoms in total. The van der Waals surface area contributed by atoms with E-state index >= 15 is 0 Å². The van der Waals surface area contributed by atoms with Crippen molar-refractivity contribution in [1.82, 2.24) is 25.4 Å². The molecule has 2 aromatic heterocycles. The standard InChI is InChI=1S/C23H28N6O2/c1-15-2-4-18(5-3-15)26-22(30)16-7-10-29(11-8-16)23(31)21-13-20(27-28-21)17-6-9-25-19(12-17)14-24/h6,9,12-13,15-16,18H,2-5,7-8,10-11H2,1H3,(H,26,30)(H,27,28). The first-order valence-corrected chi connectivity index (χ1v) is 11.0. The summed E-state index contributed by atoms with van der Waals surface area (Å²) in [4.78, 5) is 31.3. The number of nitrogens with one attached hydrogen (secondary N) is 2. The van der Waals surface area contributed by atoms with Crippen molar-refractivity contribution in [3.8, 4) is 17.3 Å². The van der Waals surface area contributed by atoms with E-state index in [9.17, 15) is 9.59 Å². The van der Waals surface area contributed by atoms with E-state index in [0.29, 0.717) is 49.1 Å². The van der Waals surface area contributed by atoms with Gasteiger partial charge in [0, 0.05) is 36.8 Å². The fourth-order valence-corrected chi connectivity index (χ4v) is 4.47. The molecule has 2 N–H and O–H groups in total. The lowest BCUT2D eigenvalue weighted by Gasteiger charge is -2.33. The molecule has 4 rings (SSSR count). The first-order chi connectivity index (χ1) is 15.0. The van der Waals surface area contributed by atoms with Gasteiger partial charge in [-0.1, -0.05) is 6.92 Å². The number of piperidine rings is 1. The monoisotopic (exact) mass is 420 g/mol. The molecule has 162 valence electrons. The lowest BCUT2D eigenvalue weighted by molar-refractivity contribution is -0.127. The lowest BCUT2D eigenvalue weighted by atomic mass is 9.86. The third-order valence-electron chi connectivity index (χ3n) is 6.49. The smallest absolute Gasteiger partial charge is 0.271 e. The van der Waals surface area contributed by atoms with E-state index in [1.807, 2.05) is 6.07 Å². The molecule has 1 saturated heterocycles. The van der Waals surface area contributed by atoms with Crippen molar-refractivity contribution >= 4 is 11.8 Å². The van der Waals surface area contributed by atoms with Crippen molar-refractivity contribution in [2.45, 2.75) is 51.5 Å². The number of nitriles is 1. The number of aromatic amines is 1. The minimum absolute atomic E-state index is 0.0260. The van der Waals surface area contributed by atoms with Crippen molar-refractivity contribution in [3.63, 3.8) is 0 Å². The Morgan fingerprint density at radius 2 is 1.90 bits per heavy atom. The number of hydrogen-bond donors (Lipinski definition) is 2. The molecule has 2 amide bonds. The largest absolute Gasteiger partial charge is 0.353 e. The van der Waals surface area contributed by atoms with E-state index in [-0.39, 0.29) is 17.7 Å². The van der Waals surface area contributed by atoms with Crippen LogP contribution in [0.15, 0.2) is 24.4 Å². The first kappa shape index (κ1) is 21.0. The van der Waals surface area contributed by atoms with Crippen LogP contribution in [-0.2, 0) is 4.79 Å². The first-order valence-electron chi connectivity index (χ1n) is 11.0. The molecule has 1 saturated carbocycles. The number of H-pyrrole nitrogens is 1. The number of hydrogen-bond acceptors (Lipinski definition) is 5. The fourth-order valence-electron chi connectivity index (χ4n) is 4.47. The van der Waals surface area contributed by atoms with Gasteiger partial charge in [0.05, 0.1) is 5.69 Å². The summed E-state index contributed by atoms with van der Waals surface area (Å²) in [6, 6.07) is 7.40. The zero-order chi connectivity index (χ0) is 21.8. The van der Waals surface area contributed by atoms with Crippen LogP contribution in [0.2, 0.25) is 0 Å². The van der Waals surface area contributed by atoms with Gasteiger partial charge in [-0.05, 0) is 62.6 Å². The van der Waals surface area contributed by atoms with E-state index in [1.165, 1.54) is 12.8 Å². The molecule has 8 heteroatoms. The van der Waals surface area contributed by atoms with Gasteiger partial charge in [0.1, 0.15) is 17.5 Å². The number of rotatable bonds is 4. The van der Waals surface area contributed by atoms with Crippen molar-refractivity contribution in [3.05, 3.63) is 35.8 Å². The summed E-state index contributed by atoms with van der Waals surface area (Å²) in [6.07, 6.45) is 7.41. The van der Waals surface area contributed by atoms with E-state index in [1.54, 1.807) is 29.3 Å².